The maximum absolute atomic E-state index is 13.4. The van der Waals surface area contributed by atoms with Crippen molar-refractivity contribution in [3.63, 3.8) is 0 Å². The molecule has 7 nitrogen and oxygen atoms in total. The minimum Gasteiger partial charge on any atom is -0.382 e. The topological polar surface area (TPSA) is 84.7 Å². The Labute approximate surface area is 209 Å². The Morgan fingerprint density at radius 1 is 1.03 bits per heavy atom. The Balaban J connectivity index is 1.24. The zero-order chi connectivity index (χ0) is 25.3. The quantitative estimate of drug-likeness (QED) is 0.360. The summed E-state index contributed by atoms with van der Waals surface area (Å²) in [4.78, 5) is 24.7. The molecule has 0 unspecified atom stereocenters. The number of hydrogen-bond acceptors (Lipinski definition) is 5. The van der Waals surface area contributed by atoms with Gasteiger partial charge in [0.25, 0.3) is 5.91 Å². The number of benzene rings is 1. The van der Waals surface area contributed by atoms with Gasteiger partial charge < -0.3 is 15.2 Å². The largest absolute Gasteiger partial charge is 0.433 e. The molecule has 0 radical (unpaired) electrons. The van der Waals surface area contributed by atoms with Crippen LogP contribution in [0.4, 0.5) is 18.9 Å². The van der Waals surface area contributed by atoms with Crippen LogP contribution in [-0.4, -0.2) is 37.5 Å². The Kier molecular flexibility index (Phi) is 6.53. The molecule has 186 valence electrons. The number of carbonyl (C=O) groups excluding carboxylic acids is 1. The lowest BCUT2D eigenvalue weighted by Gasteiger charge is -2.30. The molecule has 1 aromatic carbocycles. The predicted octanol–water partition coefficient (Wildman–Crippen LogP) is 5.64. The molecule has 1 fully saturated rings. The fourth-order valence-electron chi connectivity index (χ4n) is 4.44. The van der Waals surface area contributed by atoms with Gasteiger partial charge in [0.1, 0.15) is 11.4 Å². The summed E-state index contributed by atoms with van der Waals surface area (Å²) in [5.41, 5.74) is 0.710. The summed E-state index contributed by atoms with van der Waals surface area (Å²) in [6, 6.07) is 9.04. The van der Waals surface area contributed by atoms with Gasteiger partial charge in [-0.2, -0.15) is 13.2 Å². The molecule has 11 heteroatoms. The number of alkyl halides is 3. The summed E-state index contributed by atoms with van der Waals surface area (Å²) < 4.78 is 42.0. The van der Waals surface area contributed by atoms with E-state index in [1.165, 1.54) is 12.1 Å². The number of fused-ring (bicyclic) bond motifs is 1. The van der Waals surface area contributed by atoms with Crippen LogP contribution in [0.5, 0.6) is 0 Å². The van der Waals surface area contributed by atoms with Gasteiger partial charge in [-0.05, 0) is 62.1 Å². The normalized spacial score (nSPS) is 18.2. The first-order chi connectivity index (χ1) is 17.3. The number of aromatic nitrogens is 4. The van der Waals surface area contributed by atoms with Gasteiger partial charge in [0.15, 0.2) is 0 Å². The first kappa shape index (κ1) is 24.1. The van der Waals surface area contributed by atoms with Gasteiger partial charge in [0.2, 0.25) is 0 Å². The fraction of sp³-hybridized carbons (Fsp3) is 0.280. The van der Waals surface area contributed by atoms with Crippen LogP contribution < -0.4 is 10.6 Å². The van der Waals surface area contributed by atoms with Gasteiger partial charge in [-0.3, -0.25) is 9.78 Å². The fourth-order valence-corrected chi connectivity index (χ4v) is 4.61. The third-order valence-electron chi connectivity index (χ3n) is 6.26. The summed E-state index contributed by atoms with van der Waals surface area (Å²) in [7, 11) is 0. The first-order valence-corrected chi connectivity index (χ1v) is 11.8. The van der Waals surface area contributed by atoms with E-state index in [0.717, 1.165) is 11.8 Å². The van der Waals surface area contributed by atoms with Gasteiger partial charge >= 0.3 is 6.18 Å². The number of nitrogens with zero attached hydrogens (tertiary/aromatic N) is 4. The molecule has 1 amide bonds. The van der Waals surface area contributed by atoms with E-state index >= 15 is 0 Å². The van der Waals surface area contributed by atoms with Crippen LogP contribution in [0.1, 0.15) is 41.9 Å². The highest BCUT2D eigenvalue weighted by atomic mass is 35.5. The second-order valence-corrected chi connectivity index (χ2v) is 9.19. The lowest BCUT2D eigenvalue weighted by Crippen LogP contribution is -2.40. The summed E-state index contributed by atoms with van der Waals surface area (Å²) in [5.74, 6) is -0.266. The van der Waals surface area contributed by atoms with Gasteiger partial charge in [-0.1, -0.05) is 11.6 Å². The lowest BCUT2D eigenvalue weighted by molar-refractivity contribution is -0.140. The number of halogens is 4. The highest BCUT2D eigenvalue weighted by Crippen LogP contribution is 2.35. The number of imidazole rings is 1. The van der Waals surface area contributed by atoms with Crippen molar-refractivity contribution in [2.24, 2.45) is 0 Å². The molecule has 1 aliphatic rings. The Morgan fingerprint density at radius 2 is 1.81 bits per heavy atom. The van der Waals surface area contributed by atoms with Crippen LogP contribution in [0.25, 0.3) is 16.6 Å². The maximum Gasteiger partial charge on any atom is 0.433 e. The van der Waals surface area contributed by atoms with Crippen molar-refractivity contribution in [3.05, 3.63) is 77.7 Å². The number of carbonyl (C=O) groups is 1. The molecule has 36 heavy (non-hydrogen) atoms. The van der Waals surface area contributed by atoms with E-state index in [1.54, 1.807) is 47.7 Å². The van der Waals surface area contributed by atoms with E-state index in [9.17, 15) is 18.0 Å². The molecule has 0 spiro atoms. The molecular weight excluding hydrogens is 493 g/mol. The van der Waals surface area contributed by atoms with Crippen molar-refractivity contribution in [2.45, 2.75) is 43.9 Å². The standard InChI is InChI=1S/C25H22ClF3N6O/c26-15-1-6-20-19(11-15)21(13-23(34-20)25(27,28)29)32-16-2-4-17(5-3-16)33-24(36)22-12-18(7-8-31-22)35-10-9-30-14-35/h1,6-14,16-17H,2-5H2,(H,32,34)(H,33,36). The molecule has 0 bridgehead atoms. The van der Waals surface area contributed by atoms with E-state index in [2.05, 4.69) is 25.6 Å². The van der Waals surface area contributed by atoms with Gasteiger partial charge in [-0.25, -0.2) is 9.97 Å². The molecule has 3 heterocycles. The highest BCUT2D eigenvalue weighted by molar-refractivity contribution is 6.31. The van der Waals surface area contributed by atoms with Crippen molar-refractivity contribution in [1.29, 1.82) is 0 Å². The summed E-state index contributed by atoms with van der Waals surface area (Å²) in [6.45, 7) is 0. The van der Waals surface area contributed by atoms with Crippen LogP contribution in [-0.2, 0) is 6.18 Å². The Hall–Kier alpha value is -3.66. The molecule has 3 aromatic heterocycles. The van der Waals surface area contributed by atoms with Gasteiger partial charge in [0.05, 0.1) is 17.5 Å². The summed E-state index contributed by atoms with van der Waals surface area (Å²) in [6.07, 6.45) is 4.81. The van der Waals surface area contributed by atoms with Crippen LogP contribution in [0, 0.1) is 0 Å². The van der Waals surface area contributed by atoms with Crippen molar-refractivity contribution in [3.8, 4) is 5.69 Å². The lowest BCUT2D eigenvalue weighted by atomic mass is 9.90. The molecular formula is C25H22ClF3N6O. The van der Waals surface area contributed by atoms with Crippen molar-refractivity contribution in [2.75, 3.05) is 5.32 Å². The monoisotopic (exact) mass is 514 g/mol. The molecule has 4 aromatic rings. The summed E-state index contributed by atoms with van der Waals surface area (Å²) in [5, 5.41) is 7.25. The van der Waals surface area contributed by atoms with Crippen LogP contribution >= 0.6 is 11.6 Å². The first-order valence-electron chi connectivity index (χ1n) is 11.5. The average Bonchev–Trinajstić information content (AvgIpc) is 3.40. The van der Waals surface area contributed by atoms with Crippen LogP contribution in [0.3, 0.4) is 0 Å². The second kappa shape index (κ2) is 9.77. The second-order valence-electron chi connectivity index (χ2n) is 8.75. The molecule has 1 saturated carbocycles. The minimum atomic E-state index is -4.56. The minimum absolute atomic E-state index is 0.0495. The Morgan fingerprint density at radius 3 is 2.53 bits per heavy atom. The van der Waals surface area contributed by atoms with E-state index in [1.807, 2.05) is 0 Å². The van der Waals surface area contributed by atoms with E-state index < -0.39 is 11.9 Å². The van der Waals surface area contributed by atoms with Gasteiger partial charge in [0, 0.05) is 46.8 Å². The summed E-state index contributed by atoms with van der Waals surface area (Å²) >= 11 is 6.09. The maximum atomic E-state index is 13.4. The third-order valence-corrected chi connectivity index (χ3v) is 6.50. The number of amides is 1. The Bertz CT molecular complexity index is 1380. The number of nitrogens with one attached hydrogen (secondary N) is 2. The molecule has 0 saturated heterocycles. The van der Waals surface area contributed by atoms with Crippen LogP contribution in [0.2, 0.25) is 5.02 Å². The van der Waals surface area contributed by atoms with E-state index in [0.29, 0.717) is 47.5 Å². The molecule has 1 aliphatic carbocycles. The third kappa shape index (κ3) is 5.28. The molecule has 0 aliphatic heterocycles. The number of anilines is 1. The number of hydrogen-bond donors (Lipinski definition) is 2. The van der Waals surface area contributed by atoms with E-state index in [-0.39, 0.29) is 23.5 Å². The average molecular weight is 515 g/mol. The smallest absolute Gasteiger partial charge is 0.382 e. The zero-order valence-corrected chi connectivity index (χ0v) is 19.7. The molecule has 0 atom stereocenters. The molecule has 5 rings (SSSR count). The number of pyridine rings is 2. The van der Waals surface area contributed by atoms with Crippen molar-refractivity contribution >= 4 is 34.1 Å². The predicted molar refractivity (Wildman–Crippen MR) is 130 cm³/mol. The van der Waals surface area contributed by atoms with E-state index in [4.69, 9.17) is 11.6 Å². The number of rotatable bonds is 5. The zero-order valence-electron chi connectivity index (χ0n) is 19.0. The SMILES string of the molecule is O=C(NC1CCC(Nc2cc(C(F)(F)F)nc3ccc(Cl)cc23)CC1)c1cc(-n2ccnc2)ccn1. The van der Waals surface area contributed by atoms with Crippen molar-refractivity contribution in [1.82, 2.24) is 24.8 Å². The van der Waals surface area contributed by atoms with Gasteiger partial charge in [-0.15, -0.1) is 0 Å². The van der Waals surface area contributed by atoms with Crippen molar-refractivity contribution < 1.29 is 18.0 Å². The highest BCUT2D eigenvalue weighted by Gasteiger charge is 2.34. The van der Waals surface area contributed by atoms with Crippen LogP contribution in [0.15, 0.2) is 61.3 Å². The molecule has 2 N–H and O–H groups in total.